The topological polar surface area (TPSA) is 92.5 Å². The van der Waals surface area contributed by atoms with Crippen molar-refractivity contribution in [2.24, 2.45) is 5.41 Å². The number of nitro benzene ring substituents is 1. The Balaban J connectivity index is 2.76. The lowest BCUT2D eigenvalue weighted by Crippen LogP contribution is -2.34. The molecule has 0 saturated carbocycles. The molecular weight excluding hydrogens is 260 g/mol. The third-order valence-electron chi connectivity index (χ3n) is 3.18. The predicted molar refractivity (Wildman–Crippen MR) is 75.7 cm³/mol. The number of carbonyl (C=O) groups excluding carboxylic acids is 1. The van der Waals surface area contributed by atoms with E-state index in [4.69, 9.17) is 5.11 Å². The number of benzene rings is 1. The van der Waals surface area contributed by atoms with Crippen LogP contribution in [0, 0.1) is 22.5 Å². The van der Waals surface area contributed by atoms with E-state index in [-0.39, 0.29) is 23.6 Å². The van der Waals surface area contributed by atoms with Gasteiger partial charge in [-0.05, 0) is 30.4 Å². The van der Waals surface area contributed by atoms with Gasteiger partial charge in [-0.25, -0.2) is 0 Å². The number of nitrogens with zero attached hydrogens (tertiary/aromatic N) is 1. The molecule has 1 rings (SSSR count). The van der Waals surface area contributed by atoms with Crippen LogP contribution in [-0.2, 0) is 0 Å². The second kappa shape index (κ2) is 6.47. The molecule has 0 unspecified atom stereocenters. The van der Waals surface area contributed by atoms with Crippen molar-refractivity contribution in [3.05, 3.63) is 39.4 Å². The standard InChI is InChI=1S/C14H20N2O4/c1-10-8-11(16(19)20)4-5-12(10)13(18)15-9-14(2,3)6-7-17/h4-5,8,17H,6-7,9H2,1-3H3,(H,15,18). The molecule has 0 aliphatic carbocycles. The first-order chi connectivity index (χ1) is 9.26. The fourth-order valence-corrected chi connectivity index (χ4v) is 1.82. The van der Waals surface area contributed by atoms with Crippen molar-refractivity contribution in [2.75, 3.05) is 13.2 Å². The zero-order valence-electron chi connectivity index (χ0n) is 12.0. The number of rotatable bonds is 6. The Hall–Kier alpha value is -1.95. The summed E-state index contributed by atoms with van der Waals surface area (Å²) in [5.74, 6) is -0.261. The van der Waals surface area contributed by atoms with Gasteiger partial charge in [0, 0.05) is 30.8 Å². The molecule has 0 radical (unpaired) electrons. The summed E-state index contributed by atoms with van der Waals surface area (Å²) in [6, 6.07) is 4.16. The molecule has 20 heavy (non-hydrogen) atoms. The van der Waals surface area contributed by atoms with Gasteiger partial charge in [0.05, 0.1) is 4.92 Å². The Bertz CT molecular complexity index is 512. The minimum Gasteiger partial charge on any atom is -0.396 e. The number of carbonyl (C=O) groups is 1. The quantitative estimate of drug-likeness (QED) is 0.616. The molecular formula is C14H20N2O4. The highest BCUT2D eigenvalue weighted by molar-refractivity contribution is 5.95. The summed E-state index contributed by atoms with van der Waals surface area (Å²) in [7, 11) is 0. The molecule has 1 aromatic rings. The summed E-state index contributed by atoms with van der Waals surface area (Å²) in [6.45, 7) is 6.07. The summed E-state index contributed by atoms with van der Waals surface area (Å²) in [4.78, 5) is 22.2. The van der Waals surface area contributed by atoms with Crippen LogP contribution in [0.4, 0.5) is 5.69 Å². The maximum absolute atomic E-state index is 12.1. The molecule has 0 atom stereocenters. The fourth-order valence-electron chi connectivity index (χ4n) is 1.82. The van der Waals surface area contributed by atoms with Crippen LogP contribution in [0.2, 0.25) is 0 Å². The largest absolute Gasteiger partial charge is 0.396 e. The van der Waals surface area contributed by atoms with Crippen LogP contribution in [0.1, 0.15) is 36.2 Å². The molecule has 110 valence electrons. The highest BCUT2D eigenvalue weighted by atomic mass is 16.6. The molecule has 0 bridgehead atoms. The van der Waals surface area contributed by atoms with Gasteiger partial charge in [0.2, 0.25) is 0 Å². The fraction of sp³-hybridized carbons (Fsp3) is 0.500. The number of hydrogen-bond acceptors (Lipinski definition) is 4. The molecule has 0 saturated heterocycles. The molecule has 1 aromatic carbocycles. The van der Waals surface area contributed by atoms with Crippen molar-refractivity contribution in [2.45, 2.75) is 27.2 Å². The Morgan fingerprint density at radius 3 is 2.60 bits per heavy atom. The van der Waals surface area contributed by atoms with E-state index in [1.165, 1.54) is 18.2 Å². The molecule has 0 heterocycles. The summed E-state index contributed by atoms with van der Waals surface area (Å²) in [6.07, 6.45) is 0.590. The summed E-state index contributed by atoms with van der Waals surface area (Å²) in [5.41, 5.74) is 0.769. The smallest absolute Gasteiger partial charge is 0.269 e. The van der Waals surface area contributed by atoms with Gasteiger partial charge in [-0.15, -0.1) is 0 Å². The van der Waals surface area contributed by atoms with Crippen molar-refractivity contribution in [1.82, 2.24) is 5.32 Å². The van der Waals surface area contributed by atoms with Gasteiger partial charge in [-0.2, -0.15) is 0 Å². The van der Waals surface area contributed by atoms with Gasteiger partial charge in [0.1, 0.15) is 0 Å². The number of aliphatic hydroxyl groups excluding tert-OH is 1. The van der Waals surface area contributed by atoms with Crippen LogP contribution in [0.3, 0.4) is 0 Å². The van der Waals surface area contributed by atoms with Crippen molar-refractivity contribution in [3.63, 3.8) is 0 Å². The van der Waals surface area contributed by atoms with E-state index in [0.717, 1.165) is 0 Å². The normalized spacial score (nSPS) is 11.2. The van der Waals surface area contributed by atoms with Crippen molar-refractivity contribution in [3.8, 4) is 0 Å². The lowest BCUT2D eigenvalue weighted by Gasteiger charge is -2.24. The van der Waals surface area contributed by atoms with E-state index in [1.807, 2.05) is 13.8 Å². The van der Waals surface area contributed by atoms with Gasteiger partial charge in [0.15, 0.2) is 0 Å². The number of amides is 1. The van der Waals surface area contributed by atoms with Crippen LogP contribution in [0.25, 0.3) is 0 Å². The van der Waals surface area contributed by atoms with Gasteiger partial charge in [0.25, 0.3) is 11.6 Å². The van der Waals surface area contributed by atoms with Gasteiger partial charge < -0.3 is 10.4 Å². The lowest BCUT2D eigenvalue weighted by atomic mass is 9.89. The Kier molecular flexibility index (Phi) is 5.21. The first-order valence-corrected chi connectivity index (χ1v) is 6.41. The Morgan fingerprint density at radius 2 is 2.10 bits per heavy atom. The first-order valence-electron chi connectivity index (χ1n) is 6.41. The number of nitrogens with one attached hydrogen (secondary N) is 1. The summed E-state index contributed by atoms with van der Waals surface area (Å²) in [5, 5.41) is 22.4. The third kappa shape index (κ3) is 4.31. The number of non-ortho nitro benzene ring substituents is 1. The first kappa shape index (κ1) is 16.1. The number of hydrogen-bond donors (Lipinski definition) is 2. The Morgan fingerprint density at radius 1 is 1.45 bits per heavy atom. The third-order valence-corrected chi connectivity index (χ3v) is 3.18. The highest BCUT2D eigenvalue weighted by Crippen LogP contribution is 2.20. The second-order valence-corrected chi connectivity index (χ2v) is 5.58. The highest BCUT2D eigenvalue weighted by Gasteiger charge is 2.19. The molecule has 6 heteroatoms. The summed E-state index contributed by atoms with van der Waals surface area (Å²) >= 11 is 0. The minimum absolute atomic E-state index is 0.0281. The average Bonchev–Trinajstić information content (AvgIpc) is 2.35. The number of aliphatic hydroxyl groups is 1. The second-order valence-electron chi connectivity index (χ2n) is 5.58. The predicted octanol–water partition coefficient (Wildman–Crippen LogP) is 2.04. The van der Waals surface area contributed by atoms with Gasteiger partial charge in [-0.3, -0.25) is 14.9 Å². The van der Waals surface area contributed by atoms with Crippen LogP contribution >= 0.6 is 0 Å². The van der Waals surface area contributed by atoms with Gasteiger partial charge in [-0.1, -0.05) is 13.8 Å². The van der Waals surface area contributed by atoms with Gasteiger partial charge >= 0.3 is 0 Å². The van der Waals surface area contributed by atoms with E-state index in [1.54, 1.807) is 6.92 Å². The molecule has 1 amide bonds. The zero-order valence-corrected chi connectivity index (χ0v) is 12.0. The average molecular weight is 280 g/mol. The molecule has 0 aliphatic rings. The van der Waals surface area contributed by atoms with Crippen molar-refractivity contribution < 1.29 is 14.8 Å². The van der Waals surface area contributed by atoms with Crippen molar-refractivity contribution >= 4 is 11.6 Å². The number of aryl methyl sites for hydroxylation is 1. The van der Waals surface area contributed by atoms with E-state index < -0.39 is 4.92 Å². The molecule has 0 aliphatic heterocycles. The monoisotopic (exact) mass is 280 g/mol. The Labute approximate surface area is 118 Å². The van der Waals surface area contributed by atoms with Crippen LogP contribution in [-0.4, -0.2) is 29.1 Å². The van der Waals surface area contributed by atoms with Crippen LogP contribution < -0.4 is 5.32 Å². The van der Waals surface area contributed by atoms with E-state index >= 15 is 0 Å². The molecule has 0 spiro atoms. The lowest BCUT2D eigenvalue weighted by molar-refractivity contribution is -0.384. The van der Waals surface area contributed by atoms with E-state index in [9.17, 15) is 14.9 Å². The molecule has 2 N–H and O–H groups in total. The van der Waals surface area contributed by atoms with Crippen LogP contribution in [0.5, 0.6) is 0 Å². The van der Waals surface area contributed by atoms with Crippen LogP contribution in [0.15, 0.2) is 18.2 Å². The SMILES string of the molecule is Cc1cc([N+](=O)[O-])ccc1C(=O)NCC(C)(C)CCO. The maximum atomic E-state index is 12.1. The van der Waals surface area contributed by atoms with Crippen molar-refractivity contribution in [1.29, 1.82) is 0 Å². The van der Waals surface area contributed by atoms with E-state index in [2.05, 4.69) is 5.32 Å². The zero-order chi connectivity index (χ0) is 15.3. The molecule has 6 nitrogen and oxygen atoms in total. The maximum Gasteiger partial charge on any atom is 0.269 e. The molecule has 0 fully saturated rings. The molecule has 0 aromatic heterocycles. The minimum atomic E-state index is -0.487. The van der Waals surface area contributed by atoms with E-state index in [0.29, 0.717) is 24.1 Å². The number of nitro groups is 1. The summed E-state index contributed by atoms with van der Waals surface area (Å²) < 4.78 is 0.